The normalized spacial score (nSPS) is 12.6. The Morgan fingerprint density at radius 1 is 1.50 bits per heavy atom. The molecule has 0 spiro atoms. The second-order valence-corrected chi connectivity index (χ2v) is 4.91. The molecular formula is C13H12N4O4S. The van der Waals surface area contributed by atoms with Crippen molar-refractivity contribution in [3.8, 4) is 11.5 Å². The molecule has 0 radical (unpaired) electrons. The quantitative estimate of drug-likeness (QED) is 0.510. The van der Waals surface area contributed by atoms with Crippen LogP contribution in [-0.2, 0) is 4.74 Å². The number of carbonyl (C=O) groups is 1. The third-order valence-corrected chi connectivity index (χ3v) is 3.36. The Morgan fingerprint density at radius 3 is 3.23 bits per heavy atom. The fraction of sp³-hybridized carbons (Fsp3) is 0.231. The van der Waals surface area contributed by atoms with E-state index in [0.29, 0.717) is 16.5 Å². The molecule has 0 fully saturated rings. The predicted octanol–water partition coefficient (Wildman–Crippen LogP) is 1.89. The van der Waals surface area contributed by atoms with Gasteiger partial charge in [0.25, 0.3) is 0 Å². The number of esters is 1. The Morgan fingerprint density at radius 2 is 2.36 bits per heavy atom. The van der Waals surface area contributed by atoms with Crippen LogP contribution in [0, 0.1) is 0 Å². The molecule has 0 atom stereocenters. The van der Waals surface area contributed by atoms with Crippen molar-refractivity contribution in [2.75, 3.05) is 18.8 Å². The number of aromatic nitrogens is 2. The second-order valence-electron chi connectivity index (χ2n) is 4.15. The number of carbonyl (C=O) groups excluding carboxylic acids is 1. The van der Waals surface area contributed by atoms with Crippen molar-refractivity contribution in [2.24, 2.45) is 5.10 Å². The topological polar surface area (TPSA) is 94.9 Å². The van der Waals surface area contributed by atoms with Crippen molar-refractivity contribution in [3.05, 3.63) is 29.5 Å². The predicted molar refractivity (Wildman–Crippen MR) is 79.6 cm³/mol. The van der Waals surface area contributed by atoms with Gasteiger partial charge in [0.15, 0.2) is 16.5 Å². The van der Waals surface area contributed by atoms with Gasteiger partial charge < -0.3 is 14.2 Å². The van der Waals surface area contributed by atoms with E-state index in [-0.39, 0.29) is 19.1 Å². The molecule has 0 saturated carbocycles. The lowest BCUT2D eigenvalue weighted by molar-refractivity contribution is 0.0520. The fourth-order valence-electron chi connectivity index (χ4n) is 1.76. The lowest BCUT2D eigenvalue weighted by atomic mass is 10.2. The number of nitrogens with one attached hydrogen (secondary N) is 1. The molecule has 0 bridgehead atoms. The zero-order chi connectivity index (χ0) is 15.4. The maximum Gasteiger partial charge on any atom is 0.362 e. The van der Waals surface area contributed by atoms with E-state index in [1.165, 1.54) is 0 Å². The molecule has 1 aromatic heterocycles. The Balaban J connectivity index is 1.68. The largest absolute Gasteiger partial charge is 0.461 e. The monoisotopic (exact) mass is 320 g/mol. The van der Waals surface area contributed by atoms with Crippen LogP contribution in [-0.4, -0.2) is 35.2 Å². The van der Waals surface area contributed by atoms with E-state index in [1.807, 2.05) is 18.2 Å². The summed E-state index contributed by atoms with van der Waals surface area (Å²) in [5.41, 5.74) is 3.68. The van der Waals surface area contributed by atoms with Crippen molar-refractivity contribution in [1.82, 2.24) is 9.59 Å². The molecule has 3 rings (SSSR count). The number of nitrogens with zero attached hydrogens (tertiary/aromatic N) is 3. The first-order chi connectivity index (χ1) is 10.8. The first-order valence-electron chi connectivity index (χ1n) is 6.46. The summed E-state index contributed by atoms with van der Waals surface area (Å²) in [6.07, 6.45) is 1.59. The first-order valence-corrected chi connectivity index (χ1v) is 7.23. The summed E-state index contributed by atoms with van der Waals surface area (Å²) in [5, 5.41) is 8.22. The fourth-order valence-corrected chi connectivity index (χ4v) is 2.26. The lowest BCUT2D eigenvalue weighted by Gasteiger charge is -2.00. The highest BCUT2D eigenvalue weighted by molar-refractivity contribution is 7.10. The van der Waals surface area contributed by atoms with Gasteiger partial charge >= 0.3 is 5.97 Å². The number of rotatable bonds is 5. The molecule has 8 nitrogen and oxygen atoms in total. The molecule has 1 aromatic carbocycles. The standard InChI is InChI=1S/C13H12N4O4S/c1-2-19-13(18)11-12(22-17-15-11)16-14-6-8-3-4-9-10(5-8)21-7-20-9/h3-6,16H,2,7H2,1H3/b14-6-. The molecule has 1 N–H and O–H groups in total. The van der Waals surface area contributed by atoms with Crippen LogP contribution in [0.1, 0.15) is 23.0 Å². The van der Waals surface area contributed by atoms with E-state index in [2.05, 4.69) is 20.1 Å². The van der Waals surface area contributed by atoms with Crippen LogP contribution in [0.25, 0.3) is 0 Å². The minimum Gasteiger partial charge on any atom is -0.461 e. The molecule has 9 heteroatoms. The van der Waals surface area contributed by atoms with Crippen LogP contribution < -0.4 is 14.9 Å². The van der Waals surface area contributed by atoms with Gasteiger partial charge in [0.1, 0.15) is 0 Å². The summed E-state index contributed by atoms with van der Waals surface area (Å²) in [4.78, 5) is 11.6. The Bertz CT molecular complexity index is 716. The van der Waals surface area contributed by atoms with Crippen LogP contribution in [0.2, 0.25) is 0 Å². The minimum atomic E-state index is -0.531. The maximum atomic E-state index is 11.6. The Labute approximate surface area is 129 Å². The van der Waals surface area contributed by atoms with Gasteiger partial charge in [-0.2, -0.15) is 5.10 Å². The minimum absolute atomic E-state index is 0.120. The summed E-state index contributed by atoms with van der Waals surface area (Å²) in [6.45, 7) is 2.22. The van der Waals surface area contributed by atoms with Crippen molar-refractivity contribution < 1.29 is 19.0 Å². The SMILES string of the molecule is CCOC(=O)c1nnsc1N/N=C\c1ccc2c(c1)OCO2. The van der Waals surface area contributed by atoms with Gasteiger partial charge in [-0.25, -0.2) is 4.79 Å². The van der Waals surface area contributed by atoms with Gasteiger partial charge in [-0.05, 0) is 30.7 Å². The average molecular weight is 320 g/mol. The third kappa shape index (κ3) is 2.98. The van der Waals surface area contributed by atoms with E-state index < -0.39 is 5.97 Å². The molecule has 0 saturated heterocycles. The van der Waals surface area contributed by atoms with Gasteiger partial charge in [0, 0.05) is 11.5 Å². The van der Waals surface area contributed by atoms with Crippen LogP contribution in [0.15, 0.2) is 23.3 Å². The molecule has 2 aromatic rings. The van der Waals surface area contributed by atoms with E-state index >= 15 is 0 Å². The molecule has 22 heavy (non-hydrogen) atoms. The van der Waals surface area contributed by atoms with Crippen molar-refractivity contribution >= 4 is 28.7 Å². The number of benzene rings is 1. The number of anilines is 1. The number of hydrazone groups is 1. The summed E-state index contributed by atoms with van der Waals surface area (Å²) < 4.78 is 19.1. The molecular weight excluding hydrogens is 308 g/mol. The van der Waals surface area contributed by atoms with E-state index in [1.54, 1.807) is 13.1 Å². The van der Waals surface area contributed by atoms with Gasteiger partial charge in [0.05, 0.1) is 12.8 Å². The maximum absolute atomic E-state index is 11.6. The van der Waals surface area contributed by atoms with E-state index in [4.69, 9.17) is 14.2 Å². The number of ether oxygens (including phenoxy) is 3. The highest BCUT2D eigenvalue weighted by atomic mass is 32.1. The summed E-state index contributed by atoms with van der Waals surface area (Å²) in [5.74, 6) is 0.856. The highest BCUT2D eigenvalue weighted by Crippen LogP contribution is 2.32. The Kier molecular flexibility index (Phi) is 4.15. The zero-order valence-corrected chi connectivity index (χ0v) is 12.4. The number of fused-ring (bicyclic) bond motifs is 1. The molecule has 2 heterocycles. The summed E-state index contributed by atoms with van der Waals surface area (Å²) >= 11 is 1.03. The summed E-state index contributed by atoms with van der Waals surface area (Å²) in [7, 11) is 0. The highest BCUT2D eigenvalue weighted by Gasteiger charge is 2.17. The molecule has 1 aliphatic heterocycles. The molecule has 0 amide bonds. The van der Waals surface area contributed by atoms with Crippen molar-refractivity contribution in [1.29, 1.82) is 0 Å². The van der Waals surface area contributed by atoms with Gasteiger partial charge in [0.2, 0.25) is 12.5 Å². The van der Waals surface area contributed by atoms with Gasteiger partial charge in [-0.3, -0.25) is 5.43 Å². The lowest BCUT2D eigenvalue weighted by Crippen LogP contribution is -2.07. The molecule has 1 aliphatic rings. The molecule has 114 valence electrons. The summed E-state index contributed by atoms with van der Waals surface area (Å²) in [6, 6.07) is 5.46. The third-order valence-electron chi connectivity index (χ3n) is 2.73. The van der Waals surface area contributed by atoms with Crippen molar-refractivity contribution in [3.63, 3.8) is 0 Å². The average Bonchev–Trinajstić information content (AvgIpc) is 3.15. The van der Waals surface area contributed by atoms with Crippen molar-refractivity contribution in [2.45, 2.75) is 6.92 Å². The van der Waals surface area contributed by atoms with Crippen LogP contribution in [0.4, 0.5) is 5.00 Å². The second kappa shape index (κ2) is 6.39. The molecule has 0 aliphatic carbocycles. The van der Waals surface area contributed by atoms with E-state index in [0.717, 1.165) is 17.1 Å². The zero-order valence-electron chi connectivity index (χ0n) is 11.6. The van der Waals surface area contributed by atoms with E-state index in [9.17, 15) is 4.79 Å². The van der Waals surface area contributed by atoms with Crippen LogP contribution in [0.3, 0.4) is 0 Å². The number of hydrogen-bond acceptors (Lipinski definition) is 9. The first kappa shape index (κ1) is 14.3. The van der Waals surface area contributed by atoms with Gasteiger partial charge in [-0.15, -0.1) is 5.10 Å². The Hall–Kier alpha value is -2.68. The number of hydrogen-bond donors (Lipinski definition) is 1. The smallest absolute Gasteiger partial charge is 0.362 e. The van der Waals surface area contributed by atoms with Gasteiger partial charge in [-0.1, -0.05) is 4.49 Å². The molecule has 0 unspecified atom stereocenters. The van der Waals surface area contributed by atoms with Crippen LogP contribution in [0.5, 0.6) is 11.5 Å². The van der Waals surface area contributed by atoms with Crippen LogP contribution >= 0.6 is 11.5 Å².